The highest BCUT2D eigenvalue weighted by Gasteiger charge is 2.55. The van der Waals surface area contributed by atoms with Crippen molar-refractivity contribution in [2.75, 3.05) is 20.8 Å². The molecule has 0 fully saturated rings. The van der Waals surface area contributed by atoms with Gasteiger partial charge in [0.1, 0.15) is 0 Å². The van der Waals surface area contributed by atoms with Crippen molar-refractivity contribution in [3.05, 3.63) is 0 Å². The van der Waals surface area contributed by atoms with E-state index in [0.29, 0.717) is 0 Å². The molecule has 9 nitrogen and oxygen atoms in total. The first-order valence-corrected chi connectivity index (χ1v) is 4.51. The van der Waals surface area contributed by atoms with Crippen molar-refractivity contribution in [2.45, 2.75) is 23.8 Å². The number of rotatable bonds is 7. The third-order valence-electron chi connectivity index (χ3n) is 2.39. The number of amides is 1. The van der Waals surface area contributed by atoms with Gasteiger partial charge in [-0.15, -0.1) is 0 Å². The lowest BCUT2D eigenvalue weighted by molar-refractivity contribution is -0.361. The maximum Gasteiger partial charge on any atom is 0.252 e. The summed E-state index contributed by atoms with van der Waals surface area (Å²) in [5, 5.41) is 47.1. The van der Waals surface area contributed by atoms with Gasteiger partial charge in [0.05, 0.1) is 6.61 Å². The maximum atomic E-state index is 10.7. The van der Waals surface area contributed by atoms with Gasteiger partial charge in [-0.05, 0) is 0 Å². The molecule has 0 aromatic rings. The molecule has 0 aromatic heterocycles. The van der Waals surface area contributed by atoms with Gasteiger partial charge in [0.15, 0.2) is 12.2 Å². The number of aliphatic hydroxyl groups excluding tert-OH is 3. The molecule has 0 aliphatic carbocycles. The highest BCUT2D eigenvalue weighted by molar-refractivity contribution is 5.79. The van der Waals surface area contributed by atoms with Crippen molar-refractivity contribution < 1.29 is 39.8 Å². The Morgan fingerprint density at radius 3 is 2.00 bits per heavy atom. The normalized spacial score (nSPS) is 22.3. The van der Waals surface area contributed by atoms with E-state index in [1.165, 1.54) is 0 Å². The minimum atomic E-state index is -2.93. The summed E-state index contributed by atoms with van der Waals surface area (Å²) in [6, 6.07) is 0. The Hall–Kier alpha value is -0.810. The fourth-order valence-corrected chi connectivity index (χ4v) is 1.16. The summed E-state index contributed by atoms with van der Waals surface area (Å²) >= 11 is 0. The molecule has 4 atom stereocenters. The number of carbonyl (C=O) groups excluding carboxylic acids is 1. The van der Waals surface area contributed by atoms with Crippen molar-refractivity contribution in [2.24, 2.45) is 5.73 Å². The summed E-state index contributed by atoms with van der Waals surface area (Å²) in [4.78, 5) is 10.7. The first kappa shape index (κ1) is 16.2. The van der Waals surface area contributed by atoms with Gasteiger partial charge in [-0.25, -0.2) is 0 Å². The van der Waals surface area contributed by atoms with Gasteiger partial charge >= 0.3 is 0 Å². The van der Waals surface area contributed by atoms with Crippen LogP contribution in [-0.4, -0.2) is 76.0 Å². The highest BCUT2D eigenvalue weighted by atomic mass is 16.7. The lowest BCUT2D eigenvalue weighted by Crippen LogP contribution is -2.67. The average Bonchev–Trinajstić information content (AvgIpc) is 2.34. The predicted molar refractivity (Wildman–Crippen MR) is 52.2 cm³/mol. The van der Waals surface area contributed by atoms with Gasteiger partial charge < -0.3 is 40.7 Å². The fraction of sp³-hybridized carbons (Fsp3) is 0.875. The zero-order valence-corrected chi connectivity index (χ0v) is 9.40. The average molecular weight is 255 g/mol. The van der Waals surface area contributed by atoms with Crippen LogP contribution in [0.2, 0.25) is 0 Å². The van der Waals surface area contributed by atoms with Crippen LogP contribution in [-0.2, 0) is 14.3 Å². The first-order chi connectivity index (χ1) is 7.69. The molecule has 0 saturated carbocycles. The molecule has 102 valence electrons. The van der Waals surface area contributed by atoms with Gasteiger partial charge in [-0.2, -0.15) is 0 Å². The monoisotopic (exact) mass is 255 g/mol. The molecule has 0 heterocycles. The van der Waals surface area contributed by atoms with Crippen LogP contribution in [0.1, 0.15) is 0 Å². The number of methoxy groups -OCH3 is 2. The van der Waals surface area contributed by atoms with Crippen molar-refractivity contribution in [1.29, 1.82) is 0 Å². The van der Waals surface area contributed by atoms with Crippen molar-refractivity contribution in [3.63, 3.8) is 0 Å². The van der Waals surface area contributed by atoms with Gasteiger partial charge in [-0.1, -0.05) is 0 Å². The second-order valence-electron chi connectivity index (χ2n) is 3.37. The Morgan fingerprint density at radius 1 is 1.29 bits per heavy atom. The largest absolute Gasteiger partial charge is 0.391 e. The molecule has 0 rings (SSSR count). The summed E-state index contributed by atoms with van der Waals surface area (Å²) in [7, 11) is 1.77. The minimum Gasteiger partial charge on any atom is -0.391 e. The topological polar surface area (TPSA) is 163 Å². The van der Waals surface area contributed by atoms with E-state index in [9.17, 15) is 25.2 Å². The van der Waals surface area contributed by atoms with Gasteiger partial charge in [0.2, 0.25) is 11.6 Å². The number of primary amides is 1. The summed E-state index contributed by atoms with van der Waals surface area (Å²) in [5.74, 6) is -6.97. The maximum absolute atomic E-state index is 10.7. The van der Waals surface area contributed by atoms with E-state index in [0.717, 1.165) is 14.2 Å². The Morgan fingerprint density at radius 2 is 1.76 bits per heavy atom. The molecule has 0 aromatic carbocycles. The summed E-state index contributed by atoms with van der Waals surface area (Å²) < 4.78 is 8.76. The molecule has 9 heteroatoms. The number of carbonyl (C=O) groups is 1. The predicted octanol–water partition coefficient (Wildman–Crippen LogP) is -4.14. The van der Waals surface area contributed by atoms with Gasteiger partial charge in [-0.3, -0.25) is 4.79 Å². The molecule has 7 N–H and O–H groups in total. The zero-order valence-electron chi connectivity index (χ0n) is 9.40. The molecule has 17 heavy (non-hydrogen) atoms. The number of nitrogens with two attached hydrogens (primary N) is 1. The molecular formula is C8H17NO8. The van der Waals surface area contributed by atoms with E-state index in [2.05, 4.69) is 9.47 Å². The molecule has 0 bridgehead atoms. The Labute approximate surface area is 97.0 Å². The van der Waals surface area contributed by atoms with E-state index in [1.807, 2.05) is 0 Å². The summed E-state index contributed by atoms with van der Waals surface area (Å²) in [6.45, 7) is -1.12. The van der Waals surface area contributed by atoms with E-state index in [1.54, 1.807) is 0 Å². The standard InChI is InChI=1S/C8H17NO8/c1-16-7(14,3-10)6(13)8(15,17-2)4(11)5(9)12/h4,6,10-11,13-15H,3H2,1-2H3,(H2,9,12)/t4-,6-,7+,8+/m1/s1. The van der Waals surface area contributed by atoms with Crippen LogP contribution < -0.4 is 5.73 Å². The zero-order chi connectivity index (χ0) is 13.9. The SMILES string of the molecule is CO[C@@](O)([C@H](O)C(N)=O)[C@H](O)[C@](O)(CO)OC. The quantitative estimate of drug-likeness (QED) is 0.250. The van der Waals surface area contributed by atoms with E-state index >= 15 is 0 Å². The Kier molecular flexibility index (Phi) is 5.42. The molecule has 0 aliphatic rings. The number of hydrogen-bond donors (Lipinski definition) is 6. The lowest BCUT2D eigenvalue weighted by atomic mass is 9.95. The van der Waals surface area contributed by atoms with E-state index < -0.39 is 36.3 Å². The van der Waals surface area contributed by atoms with E-state index in [-0.39, 0.29) is 0 Å². The third-order valence-corrected chi connectivity index (χ3v) is 2.39. The second kappa shape index (κ2) is 5.69. The summed E-state index contributed by atoms with van der Waals surface area (Å²) in [5.41, 5.74) is 4.74. The van der Waals surface area contributed by atoms with E-state index in [4.69, 9.17) is 10.8 Å². The van der Waals surface area contributed by atoms with Crippen LogP contribution in [0.3, 0.4) is 0 Å². The number of ether oxygens (including phenoxy) is 2. The van der Waals surface area contributed by atoms with Crippen LogP contribution in [0.15, 0.2) is 0 Å². The van der Waals surface area contributed by atoms with Gasteiger partial charge in [0, 0.05) is 14.2 Å². The minimum absolute atomic E-state index is 0.850. The molecule has 0 spiro atoms. The molecule has 1 amide bonds. The molecule has 0 radical (unpaired) electrons. The third kappa shape index (κ3) is 2.90. The van der Waals surface area contributed by atoms with Crippen molar-refractivity contribution in [1.82, 2.24) is 0 Å². The highest BCUT2D eigenvalue weighted by Crippen LogP contribution is 2.26. The van der Waals surface area contributed by atoms with Crippen LogP contribution in [0.4, 0.5) is 0 Å². The smallest absolute Gasteiger partial charge is 0.252 e. The molecule has 0 unspecified atom stereocenters. The summed E-state index contributed by atoms with van der Waals surface area (Å²) in [6.07, 6.45) is -4.69. The second-order valence-corrected chi connectivity index (χ2v) is 3.37. The van der Waals surface area contributed by atoms with Crippen LogP contribution in [0.25, 0.3) is 0 Å². The van der Waals surface area contributed by atoms with Crippen molar-refractivity contribution >= 4 is 5.91 Å². The Bertz CT molecular complexity index is 268. The molecule has 0 aliphatic heterocycles. The first-order valence-electron chi connectivity index (χ1n) is 4.51. The van der Waals surface area contributed by atoms with Crippen molar-refractivity contribution in [3.8, 4) is 0 Å². The number of hydrogen-bond acceptors (Lipinski definition) is 8. The van der Waals surface area contributed by atoms with Crippen LogP contribution in [0, 0.1) is 0 Å². The molecule has 0 saturated heterocycles. The molecular weight excluding hydrogens is 238 g/mol. The van der Waals surface area contributed by atoms with Crippen LogP contribution in [0.5, 0.6) is 0 Å². The number of aliphatic hydroxyl groups is 5. The Balaban J connectivity index is 5.30. The van der Waals surface area contributed by atoms with Crippen LogP contribution >= 0.6 is 0 Å². The van der Waals surface area contributed by atoms with Gasteiger partial charge in [0.25, 0.3) is 5.91 Å². The fourth-order valence-electron chi connectivity index (χ4n) is 1.16. The lowest BCUT2D eigenvalue weighted by Gasteiger charge is -2.40.